The molecule has 0 bridgehead atoms. The monoisotopic (exact) mass is 434 g/mol. The molecule has 3 aliphatic rings. The van der Waals surface area contributed by atoms with E-state index in [0.717, 1.165) is 44.3 Å². The van der Waals surface area contributed by atoms with Crippen LogP contribution >= 0.6 is 0 Å². The quantitative estimate of drug-likeness (QED) is 0.706. The van der Waals surface area contributed by atoms with Crippen molar-refractivity contribution in [3.05, 3.63) is 18.2 Å². The highest BCUT2D eigenvalue weighted by Gasteiger charge is 2.41. The Balaban J connectivity index is 1.74. The number of hydrogen-bond acceptors (Lipinski definition) is 5. The number of nitrogens with zero attached hydrogens (tertiary/aromatic N) is 3. The average Bonchev–Trinajstić information content (AvgIpc) is 3.55. The first-order chi connectivity index (χ1) is 14.4. The Morgan fingerprint density at radius 3 is 2.53 bits per heavy atom. The smallest absolute Gasteiger partial charge is 0.250 e. The second kappa shape index (κ2) is 8.19. The van der Waals surface area contributed by atoms with Gasteiger partial charge in [0.25, 0.3) is 0 Å². The fraction of sp³-hybridized carbons (Fsp3) is 0.619. The molecule has 1 aliphatic carbocycles. The number of rotatable bonds is 7. The highest BCUT2D eigenvalue weighted by molar-refractivity contribution is 7.89. The van der Waals surface area contributed by atoms with Crippen LogP contribution in [-0.4, -0.2) is 62.8 Å². The summed E-state index contributed by atoms with van der Waals surface area (Å²) in [6, 6.07) is 4.90. The molecule has 1 aromatic rings. The normalized spacial score (nSPS) is 21.4. The predicted molar refractivity (Wildman–Crippen MR) is 115 cm³/mol. The van der Waals surface area contributed by atoms with Gasteiger partial charge in [-0.1, -0.05) is 13.8 Å². The zero-order valence-electron chi connectivity index (χ0n) is 17.6. The zero-order chi connectivity index (χ0) is 21.5. The number of amides is 2. The second-order valence-corrected chi connectivity index (χ2v) is 10.1. The molecule has 2 aliphatic heterocycles. The lowest BCUT2D eigenvalue weighted by Gasteiger charge is -2.45. The summed E-state index contributed by atoms with van der Waals surface area (Å²) in [5.74, 6) is -0.316. The number of hydrogen-bond donors (Lipinski definition) is 1. The molecule has 1 saturated heterocycles. The van der Waals surface area contributed by atoms with Crippen LogP contribution < -0.4 is 15.1 Å². The van der Waals surface area contributed by atoms with E-state index >= 15 is 0 Å². The van der Waals surface area contributed by atoms with Gasteiger partial charge in [0.15, 0.2) is 0 Å². The van der Waals surface area contributed by atoms with Crippen molar-refractivity contribution in [1.29, 1.82) is 0 Å². The van der Waals surface area contributed by atoms with Crippen molar-refractivity contribution >= 4 is 33.2 Å². The molecule has 0 spiro atoms. The predicted octanol–water partition coefficient (Wildman–Crippen LogP) is 1.70. The van der Waals surface area contributed by atoms with Gasteiger partial charge in [0, 0.05) is 25.7 Å². The molecule has 2 heterocycles. The van der Waals surface area contributed by atoms with Crippen molar-refractivity contribution in [2.45, 2.75) is 62.9 Å². The van der Waals surface area contributed by atoms with Crippen LogP contribution in [0.15, 0.2) is 23.1 Å². The lowest BCUT2D eigenvalue weighted by atomic mass is 9.96. The molecule has 0 radical (unpaired) electrons. The maximum absolute atomic E-state index is 13.3. The third-order valence-electron chi connectivity index (χ3n) is 6.19. The van der Waals surface area contributed by atoms with Gasteiger partial charge in [-0.2, -0.15) is 4.31 Å². The molecule has 1 aromatic carbocycles. The van der Waals surface area contributed by atoms with Crippen LogP contribution in [0.1, 0.15) is 46.0 Å². The summed E-state index contributed by atoms with van der Waals surface area (Å²) in [6.45, 7) is 5.02. The average molecular weight is 435 g/mol. The van der Waals surface area contributed by atoms with Gasteiger partial charge in [-0.25, -0.2) is 8.42 Å². The number of sulfonamides is 1. The largest absolute Gasteiger partial charge is 0.358 e. The molecule has 2 amide bonds. The number of anilines is 2. The van der Waals surface area contributed by atoms with Gasteiger partial charge in [0.2, 0.25) is 21.8 Å². The third kappa shape index (κ3) is 3.80. The molecule has 1 N–H and O–H groups in total. The van der Waals surface area contributed by atoms with Crippen LogP contribution in [0.3, 0.4) is 0 Å². The Hall–Kier alpha value is -2.13. The van der Waals surface area contributed by atoms with Gasteiger partial charge in [0.1, 0.15) is 12.6 Å². The SMILES string of the molecule is CCN(CC)S(=O)(=O)c1ccc2c(c1)N(CC(=O)NC1CC1)C(=O)[C@@H]1CCCCN21. The highest BCUT2D eigenvalue weighted by Crippen LogP contribution is 2.41. The lowest BCUT2D eigenvalue weighted by Crippen LogP contribution is -2.57. The standard InChI is InChI=1S/C21H30N4O4S/c1-3-23(4-2)30(28,29)16-10-11-17-19(13-16)25(14-20(26)22-15-8-9-15)21(27)18-7-5-6-12-24(17)18/h10-11,13,15,18H,3-9,12,14H2,1-2H3,(H,22,26)/t18-/m0/s1. The van der Waals surface area contributed by atoms with Gasteiger partial charge >= 0.3 is 0 Å². The van der Waals surface area contributed by atoms with Crippen LogP contribution in [0.2, 0.25) is 0 Å². The van der Waals surface area contributed by atoms with E-state index in [1.54, 1.807) is 32.0 Å². The molecule has 8 nitrogen and oxygen atoms in total. The molecule has 0 aromatic heterocycles. The van der Waals surface area contributed by atoms with Gasteiger partial charge in [-0.3, -0.25) is 14.5 Å². The molecule has 164 valence electrons. The fourth-order valence-electron chi connectivity index (χ4n) is 4.42. The van der Waals surface area contributed by atoms with E-state index in [-0.39, 0.29) is 35.3 Å². The van der Waals surface area contributed by atoms with Crippen molar-refractivity contribution in [3.8, 4) is 0 Å². The molecule has 0 unspecified atom stereocenters. The molecule has 1 saturated carbocycles. The van der Waals surface area contributed by atoms with Gasteiger partial charge < -0.3 is 10.2 Å². The van der Waals surface area contributed by atoms with Crippen molar-refractivity contribution in [2.75, 3.05) is 36.0 Å². The van der Waals surface area contributed by atoms with Crippen molar-refractivity contribution in [1.82, 2.24) is 9.62 Å². The Bertz CT molecular complexity index is 940. The van der Waals surface area contributed by atoms with E-state index in [2.05, 4.69) is 10.2 Å². The van der Waals surface area contributed by atoms with E-state index in [1.165, 1.54) is 9.21 Å². The first kappa shape index (κ1) is 21.1. The van der Waals surface area contributed by atoms with Gasteiger partial charge in [-0.05, 0) is 50.3 Å². The van der Waals surface area contributed by atoms with E-state index in [4.69, 9.17) is 0 Å². The molecule has 1 atom stereocenters. The summed E-state index contributed by atoms with van der Waals surface area (Å²) in [5.41, 5.74) is 1.34. The van der Waals surface area contributed by atoms with E-state index < -0.39 is 10.0 Å². The minimum absolute atomic E-state index is 0.0819. The Morgan fingerprint density at radius 1 is 1.13 bits per heavy atom. The Morgan fingerprint density at radius 2 is 1.87 bits per heavy atom. The van der Waals surface area contributed by atoms with Crippen LogP contribution in [0.4, 0.5) is 11.4 Å². The summed E-state index contributed by atoms with van der Waals surface area (Å²) in [7, 11) is -3.67. The topological polar surface area (TPSA) is 90.0 Å². The summed E-state index contributed by atoms with van der Waals surface area (Å²) in [5, 5.41) is 2.93. The van der Waals surface area contributed by atoms with E-state index in [0.29, 0.717) is 18.8 Å². The zero-order valence-corrected chi connectivity index (χ0v) is 18.5. The molecule has 2 fully saturated rings. The maximum atomic E-state index is 13.3. The maximum Gasteiger partial charge on any atom is 0.250 e. The minimum atomic E-state index is -3.67. The van der Waals surface area contributed by atoms with E-state index in [1.807, 2.05) is 0 Å². The number of nitrogens with one attached hydrogen (secondary N) is 1. The lowest BCUT2D eigenvalue weighted by molar-refractivity contribution is -0.125. The second-order valence-electron chi connectivity index (χ2n) is 8.21. The molecular weight excluding hydrogens is 404 g/mol. The third-order valence-corrected chi connectivity index (χ3v) is 8.23. The minimum Gasteiger partial charge on any atom is -0.358 e. The van der Waals surface area contributed by atoms with Crippen LogP contribution in [-0.2, 0) is 19.6 Å². The van der Waals surface area contributed by atoms with Gasteiger partial charge in [0.05, 0.1) is 16.3 Å². The number of piperidine rings is 1. The summed E-state index contributed by atoms with van der Waals surface area (Å²) in [4.78, 5) is 29.5. The molecule has 4 rings (SSSR count). The first-order valence-electron chi connectivity index (χ1n) is 10.9. The summed E-state index contributed by atoms with van der Waals surface area (Å²) in [6.07, 6.45) is 4.65. The fourth-order valence-corrected chi connectivity index (χ4v) is 5.90. The Labute approximate surface area is 178 Å². The Kier molecular flexibility index (Phi) is 5.76. The van der Waals surface area contributed by atoms with Gasteiger partial charge in [-0.15, -0.1) is 0 Å². The first-order valence-corrected chi connectivity index (χ1v) is 12.3. The molecule has 9 heteroatoms. The van der Waals surface area contributed by atoms with Crippen molar-refractivity contribution in [2.24, 2.45) is 0 Å². The van der Waals surface area contributed by atoms with Crippen LogP contribution in [0, 0.1) is 0 Å². The number of carbonyl (C=O) groups is 2. The highest BCUT2D eigenvalue weighted by atomic mass is 32.2. The van der Waals surface area contributed by atoms with Crippen molar-refractivity contribution < 1.29 is 18.0 Å². The number of benzene rings is 1. The van der Waals surface area contributed by atoms with E-state index in [9.17, 15) is 18.0 Å². The summed E-state index contributed by atoms with van der Waals surface area (Å²) < 4.78 is 27.5. The van der Waals surface area contributed by atoms with Crippen LogP contribution in [0.5, 0.6) is 0 Å². The van der Waals surface area contributed by atoms with Crippen LogP contribution in [0.25, 0.3) is 0 Å². The molecule has 30 heavy (non-hydrogen) atoms. The van der Waals surface area contributed by atoms with Crippen molar-refractivity contribution in [3.63, 3.8) is 0 Å². The number of fused-ring (bicyclic) bond motifs is 3. The molecular formula is C21H30N4O4S. The summed E-state index contributed by atoms with van der Waals surface area (Å²) >= 11 is 0. The number of carbonyl (C=O) groups excluding carboxylic acids is 2.